The van der Waals surface area contributed by atoms with Gasteiger partial charge in [0.2, 0.25) is 15.9 Å². The van der Waals surface area contributed by atoms with Crippen molar-refractivity contribution in [3.05, 3.63) is 64.9 Å². The van der Waals surface area contributed by atoms with Crippen LogP contribution in [0.5, 0.6) is 0 Å². The van der Waals surface area contributed by atoms with Crippen LogP contribution in [-0.4, -0.2) is 39.4 Å². The third kappa shape index (κ3) is 7.04. The van der Waals surface area contributed by atoms with Crippen LogP contribution in [0.1, 0.15) is 5.56 Å². The van der Waals surface area contributed by atoms with Crippen molar-refractivity contribution >= 4 is 45.0 Å². The predicted octanol–water partition coefficient (Wildman–Crippen LogP) is 3.29. The lowest BCUT2D eigenvalue weighted by atomic mass is 10.2. The van der Waals surface area contributed by atoms with Gasteiger partial charge in [-0.15, -0.1) is 0 Å². The number of anilines is 1. The second-order valence-electron chi connectivity index (χ2n) is 5.74. The van der Waals surface area contributed by atoms with Crippen LogP contribution in [0.3, 0.4) is 0 Å². The molecular formula is C18H20ClFN2O3S2. The molecule has 2 aromatic carbocycles. The van der Waals surface area contributed by atoms with Crippen molar-refractivity contribution in [2.75, 3.05) is 29.4 Å². The van der Waals surface area contributed by atoms with Crippen molar-refractivity contribution in [1.29, 1.82) is 0 Å². The van der Waals surface area contributed by atoms with E-state index in [0.29, 0.717) is 23.1 Å². The lowest BCUT2D eigenvalue weighted by Gasteiger charge is -2.21. The minimum atomic E-state index is -3.72. The Hall–Kier alpha value is -1.77. The van der Waals surface area contributed by atoms with Crippen LogP contribution in [0.2, 0.25) is 5.02 Å². The van der Waals surface area contributed by atoms with E-state index in [2.05, 4.69) is 5.32 Å². The quantitative estimate of drug-likeness (QED) is 0.620. The van der Waals surface area contributed by atoms with E-state index in [-0.39, 0.29) is 5.69 Å². The first-order valence-corrected chi connectivity index (χ1v) is 11.5. The van der Waals surface area contributed by atoms with Crippen LogP contribution in [-0.2, 0) is 20.6 Å². The molecule has 0 heterocycles. The second kappa shape index (κ2) is 9.96. The molecule has 146 valence electrons. The zero-order valence-corrected chi connectivity index (χ0v) is 17.1. The van der Waals surface area contributed by atoms with Crippen molar-refractivity contribution in [1.82, 2.24) is 5.32 Å². The molecular weight excluding hydrogens is 411 g/mol. The molecule has 0 aliphatic carbocycles. The highest BCUT2D eigenvalue weighted by molar-refractivity contribution is 7.98. The Morgan fingerprint density at radius 3 is 2.63 bits per heavy atom. The van der Waals surface area contributed by atoms with Gasteiger partial charge >= 0.3 is 0 Å². The monoisotopic (exact) mass is 430 g/mol. The third-order valence-electron chi connectivity index (χ3n) is 3.57. The maximum Gasteiger partial charge on any atom is 0.240 e. The van der Waals surface area contributed by atoms with Crippen LogP contribution in [0.25, 0.3) is 0 Å². The zero-order chi connectivity index (χ0) is 19.9. The van der Waals surface area contributed by atoms with Gasteiger partial charge in [0.1, 0.15) is 12.4 Å². The average Bonchev–Trinajstić information content (AvgIpc) is 2.60. The largest absolute Gasteiger partial charge is 0.354 e. The Kier molecular flexibility index (Phi) is 7.94. The first-order valence-electron chi connectivity index (χ1n) is 8.08. The predicted molar refractivity (Wildman–Crippen MR) is 109 cm³/mol. The molecule has 0 unspecified atom stereocenters. The van der Waals surface area contributed by atoms with E-state index in [9.17, 15) is 17.6 Å². The second-order valence-corrected chi connectivity index (χ2v) is 9.16. The van der Waals surface area contributed by atoms with Gasteiger partial charge in [0.05, 0.1) is 11.9 Å². The molecule has 0 saturated carbocycles. The Morgan fingerprint density at radius 1 is 1.22 bits per heavy atom. The van der Waals surface area contributed by atoms with Crippen LogP contribution < -0.4 is 9.62 Å². The SMILES string of the molecule is CS(=O)(=O)N(CC(=O)NCCSCc1ccccc1Cl)c1cccc(F)c1. The van der Waals surface area contributed by atoms with Crippen LogP contribution in [0, 0.1) is 5.82 Å². The van der Waals surface area contributed by atoms with E-state index in [1.807, 2.05) is 24.3 Å². The highest BCUT2D eigenvalue weighted by atomic mass is 35.5. The minimum Gasteiger partial charge on any atom is -0.354 e. The summed E-state index contributed by atoms with van der Waals surface area (Å²) in [5, 5.41) is 3.38. The molecule has 1 N–H and O–H groups in total. The number of benzene rings is 2. The number of thioether (sulfide) groups is 1. The Labute approximate surface area is 168 Å². The molecule has 0 radical (unpaired) electrons. The number of halogens is 2. The van der Waals surface area contributed by atoms with Gasteiger partial charge < -0.3 is 5.32 Å². The number of hydrogen-bond donors (Lipinski definition) is 1. The first kappa shape index (κ1) is 21.5. The van der Waals surface area contributed by atoms with Crippen molar-refractivity contribution in [2.24, 2.45) is 0 Å². The van der Waals surface area contributed by atoms with Crippen molar-refractivity contribution in [2.45, 2.75) is 5.75 Å². The maximum atomic E-state index is 13.4. The van der Waals surface area contributed by atoms with Gasteiger partial charge in [0.15, 0.2) is 0 Å². The van der Waals surface area contributed by atoms with Gasteiger partial charge in [-0.1, -0.05) is 35.9 Å². The summed E-state index contributed by atoms with van der Waals surface area (Å²) in [5.74, 6) is 0.338. The Bertz CT molecular complexity index is 894. The van der Waals surface area contributed by atoms with E-state index in [4.69, 9.17) is 11.6 Å². The maximum absolute atomic E-state index is 13.4. The first-order chi connectivity index (χ1) is 12.8. The Morgan fingerprint density at radius 2 is 1.96 bits per heavy atom. The molecule has 2 aromatic rings. The summed E-state index contributed by atoms with van der Waals surface area (Å²) < 4.78 is 38.2. The summed E-state index contributed by atoms with van der Waals surface area (Å²) in [4.78, 5) is 12.1. The van der Waals surface area contributed by atoms with E-state index in [0.717, 1.165) is 22.2 Å². The van der Waals surface area contributed by atoms with Crippen LogP contribution in [0.4, 0.5) is 10.1 Å². The molecule has 1 amide bonds. The van der Waals surface area contributed by atoms with Crippen molar-refractivity contribution in [3.63, 3.8) is 0 Å². The van der Waals surface area contributed by atoms with Crippen LogP contribution >= 0.6 is 23.4 Å². The molecule has 0 aliphatic heterocycles. The van der Waals surface area contributed by atoms with Gasteiger partial charge in [-0.3, -0.25) is 9.10 Å². The fourth-order valence-corrected chi connectivity index (χ4v) is 4.27. The van der Waals surface area contributed by atoms with Gasteiger partial charge in [-0.2, -0.15) is 11.8 Å². The molecule has 0 bridgehead atoms. The Balaban J connectivity index is 1.83. The summed E-state index contributed by atoms with van der Waals surface area (Å²) in [6, 6.07) is 12.7. The summed E-state index contributed by atoms with van der Waals surface area (Å²) in [6.45, 7) is -0.0217. The number of nitrogens with zero attached hydrogens (tertiary/aromatic N) is 1. The number of nitrogens with one attached hydrogen (secondary N) is 1. The van der Waals surface area contributed by atoms with Crippen molar-refractivity contribution in [3.8, 4) is 0 Å². The lowest BCUT2D eigenvalue weighted by Crippen LogP contribution is -2.41. The van der Waals surface area contributed by atoms with Crippen LogP contribution in [0.15, 0.2) is 48.5 Å². The molecule has 5 nitrogen and oxygen atoms in total. The van der Waals surface area contributed by atoms with Gasteiger partial charge in [0, 0.05) is 23.1 Å². The molecule has 2 rings (SSSR count). The van der Waals surface area contributed by atoms with E-state index in [1.54, 1.807) is 11.8 Å². The molecule has 0 aliphatic rings. The molecule has 0 fully saturated rings. The van der Waals surface area contributed by atoms with E-state index < -0.39 is 28.3 Å². The summed E-state index contributed by atoms with van der Waals surface area (Å²) in [7, 11) is -3.72. The summed E-state index contributed by atoms with van der Waals surface area (Å²) >= 11 is 7.69. The number of rotatable bonds is 9. The lowest BCUT2D eigenvalue weighted by molar-refractivity contribution is -0.119. The number of hydrogen-bond acceptors (Lipinski definition) is 4. The normalized spacial score (nSPS) is 11.2. The average molecular weight is 431 g/mol. The summed E-state index contributed by atoms with van der Waals surface area (Å²) in [5.41, 5.74) is 1.13. The fraction of sp³-hybridized carbons (Fsp3) is 0.278. The van der Waals surface area contributed by atoms with Gasteiger partial charge in [0.25, 0.3) is 0 Å². The number of sulfonamides is 1. The van der Waals surface area contributed by atoms with E-state index in [1.165, 1.54) is 18.2 Å². The summed E-state index contributed by atoms with van der Waals surface area (Å²) in [6.07, 6.45) is 0.977. The standard InChI is InChI=1S/C18H20ClFN2O3S2/c1-27(24,25)22(16-7-4-6-15(20)11-16)12-18(23)21-9-10-26-13-14-5-2-3-8-17(14)19/h2-8,11H,9-10,12-13H2,1H3,(H,21,23). The van der Waals surface area contributed by atoms with Crippen molar-refractivity contribution < 1.29 is 17.6 Å². The fourth-order valence-electron chi connectivity index (χ4n) is 2.28. The highest BCUT2D eigenvalue weighted by Crippen LogP contribution is 2.20. The molecule has 0 spiro atoms. The molecule has 0 aromatic heterocycles. The third-order valence-corrected chi connectivity index (χ3v) is 6.08. The number of amides is 1. The smallest absolute Gasteiger partial charge is 0.240 e. The molecule has 0 atom stereocenters. The zero-order valence-electron chi connectivity index (χ0n) is 14.7. The molecule has 0 saturated heterocycles. The minimum absolute atomic E-state index is 0.112. The van der Waals surface area contributed by atoms with E-state index >= 15 is 0 Å². The number of carbonyl (C=O) groups excluding carboxylic acids is 1. The topological polar surface area (TPSA) is 66.5 Å². The van der Waals surface area contributed by atoms with Gasteiger partial charge in [-0.25, -0.2) is 12.8 Å². The number of carbonyl (C=O) groups is 1. The van der Waals surface area contributed by atoms with Gasteiger partial charge in [-0.05, 0) is 29.8 Å². The molecule has 9 heteroatoms. The highest BCUT2D eigenvalue weighted by Gasteiger charge is 2.21. The molecule has 27 heavy (non-hydrogen) atoms.